The summed E-state index contributed by atoms with van der Waals surface area (Å²) in [5, 5.41) is 2.88. The van der Waals surface area contributed by atoms with E-state index >= 15 is 0 Å². The van der Waals surface area contributed by atoms with Gasteiger partial charge in [-0.3, -0.25) is 4.79 Å². The molecule has 1 aromatic carbocycles. The molecule has 4 aliphatic rings. The first kappa shape index (κ1) is 17.1. The lowest BCUT2D eigenvalue weighted by Crippen LogP contribution is -2.58. The van der Waals surface area contributed by atoms with Crippen molar-refractivity contribution in [2.45, 2.75) is 44.6 Å². The molecule has 5 heteroatoms. The summed E-state index contributed by atoms with van der Waals surface area (Å²) in [4.78, 5) is 26.1. The van der Waals surface area contributed by atoms with E-state index in [4.69, 9.17) is 4.74 Å². The highest BCUT2D eigenvalue weighted by Gasteiger charge is 2.59. The molecule has 2 aliphatic carbocycles. The predicted molar refractivity (Wildman–Crippen MR) is 101 cm³/mol. The molecule has 2 saturated heterocycles. The Kier molecular flexibility index (Phi) is 3.78. The van der Waals surface area contributed by atoms with Crippen molar-refractivity contribution in [2.75, 3.05) is 19.7 Å². The second-order valence-electron chi connectivity index (χ2n) is 9.53. The largest absolute Gasteiger partial charge is 0.447 e. The number of hydrogen-bond donors (Lipinski definition) is 1. The minimum absolute atomic E-state index is 0.0531. The van der Waals surface area contributed by atoms with Crippen LogP contribution in [0.1, 0.15) is 43.7 Å². The van der Waals surface area contributed by atoms with Gasteiger partial charge in [0, 0.05) is 19.0 Å². The van der Waals surface area contributed by atoms with Gasteiger partial charge in [0.25, 0.3) is 0 Å². The predicted octanol–water partition coefficient (Wildman–Crippen LogP) is 2.95. The van der Waals surface area contributed by atoms with E-state index in [2.05, 4.69) is 48.3 Å². The van der Waals surface area contributed by atoms with Gasteiger partial charge < -0.3 is 15.0 Å². The topological polar surface area (TPSA) is 58.6 Å². The fourth-order valence-corrected chi connectivity index (χ4v) is 5.63. The zero-order valence-electron chi connectivity index (χ0n) is 16.1. The van der Waals surface area contributed by atoms with Gasteiger partial charge >= 0.3 is 6.09 Å². The average molecular weight is 368 g/mol. The van der Waals surface area contributed by atoms with Gasteiger partial charge in [0.1, 0.15) is 6.61 Å². The lowest BCUT2D eigenvalue weighted by Gasteiger charge is -2.43. The molecule has 5 nitrogen and oxygen atoms in total. The van der Waals surface area contributed by atoms with E-state index in [1.807, 2.05) is 0 Å². The maximum atomic E-state index is 12.8. The Morgan fingerprint density at radius 1 is 1.30 bits per heavy atom. The van der Waals surface area contributed by atoms with Crippen LogP contribution in [0.2, 0.25) is 0 Å². The van der Waals surface area contributed by atoms with Crippen LogP contribution in [0.15, 0.2) is 24.3 Å². The molecule has 144 valence electrons. The maximum absolute atomic E-state index is 12.8. The number of fused-ring (bicyclic) bond motifs is 1. The van der Waals surface area contributed by atoms with E-state index in [0.29, 0.717) is 30.3 Å². The molecule has 2 heterocycles. The molecule has 0 aromatic heterocycles. The molecular weight excluding hydrogens is 340 g/mol. The highest BCUT2D eigenvalue weighted by molar-refractivity contribution is 5.82. The number of ether oxygens (including phenoxy) is 1. The highest BCUT2D eigenvalue weighted by Crippen LogP contribution is 2.58. The van der Waals surface area contributed by atoms with Gasteiger partial charge in [-0.25, -0.2) is 4.79 Å². The van der Waals surface area contributed by atoms with Crippen molar-refractivity contribution in [3.05, 3.63) is 35.4 Å². The summed E-state index contributed by atoms with van der Waals surface area (Å²) < 4.78 is 5.01. The smallest absolute Gasteiger partial charge is 0.407 e. The summed E-state index contributed by atoms with van der Waals surface area (Å²) in [6.07, 6.45) is 2.24. The van der Waals surface area contributed by atoms with Crippen molar-refractivity contribution < 1.29 is 14.3 Å². The van der Waals surface area contributed by atoms with E-state index in [0.717, 1.165) is 32.4 Å². The van der Waals surface area contributed by atoms with Crippen LogP contribution in [0, 0.1) is 23.7 Å². The zero-order valence-corrected chi connectivity index (χ0v) is 16.1. The molecule has 27 heavy (non-hydrogen) atoms. The number of cyclic esters (lactones) is 1. The highest BCUT2D eigenvalue weighted by atomic mass is 16.6. The molecule has 4 fully saturated rings. The van der Waals surface area contributed by atoms with Crippen LogP contribution in [0.25, 0.3) is 0 Å². The fourth-order valence-electron chi connectivity index (χ4n) is 5.63. The number of carbonyl (C=O) groups is 2. The Morgan fingerprint density at radius 3 is 2.67 bits per heavy atom. The van der Waals surface area contributed by atoms with Crippen molar-refractivity contribution in [2.24, 2.45) is 23.7 Å². The van der Waals surface area contributed by atoms with Crippen LogP contribution in [0.5, 0.6) is 0 Å². The van der Waals surface area contributed by atoms with Crippen LogP contribution in [-0.4, -0.2) is 42.1 Å². The number of alkyl carbamates (subject to hydrolysis) is 1. The number of likely N-dealkylation sites (tertiary alicyclic amines) is 1. The van der Waals surface area contributed by atoms with E-state index in [1.165, 1.54) is 11.1 Å². The van der Waals surface area contributed by atoms with Gasteiger partial charge in [0.15, 0.2) is 0 Å². The number of nitrogens with one attached hydrogen (secondary N) is 1. The van der Waals surface area contributed by atoms with Crippen LogP contribution in [-0.2, 0) is 16.0 Å². The SMILES string of the molecule is CC(C)Cc1cccc([C@H]2[C@@H]3CN(C(=O)C4CC5(COC(=O)N5)C4)C[C@@H]32)c1. The second kappa shape index (κ2) is 5.98. The average Bonchev–Trinajstić information content (AvgIpc) is 2.92. The molecule has 5 rings (SSSR count). The quantitative estimate of drug-likeness (QED) is 0.889. The maximum Gasteiger partial charge on any atom is 0.407 e. The third-order valence-electron chi connectivity index (χ3n) is 6.96. The fraction of sp³-hybridized carbons (Fsp3) is 0.636. The first-order chi connectivity index (χ1) is 12.9. The summed E-state index contributed by atoms with van der Waals surface area (Å²) >= 11 is 0. The third kappa shape index (κ3) is 2.91. The number of benzene rings is 1. The van der Waals surface area contributed by atoms with Crippen molar-refractivity contribution in [3.8, 4) is 0 Å². The molecule has 0 radical (unpaired) electrons. The van der Waals surface area contributed by atoms with Crippen molar-refractivity contribution in [1.29, 1.82) is 0 Å². The van der Waals surface area contributed by atoms with E-state index in [-0.39, 0.29) is 23.5 Å². The summed E-state index contributed by atoms with van der Waals surface area (Å²) in [6.45, 7) is 6.73. The number of amides is 2. The van der Waals surface area contributed by atoms with E-state index in [1.54, 1.807) is 0 Å². The third-order valence-corrected chi connectivity index (χ3v) is 6.96. The van der Waals surface area contributed by atoms with Gasteiger partial charge in [-0.05, 0) is 54.1 Å². The number of nitrogens with zero attached hydrogens (tertiary/aromatic N) is 1. The van der Waals surface area contributed by atoms with E-state index in [9.17, 15) is 9.59 Å². The Bertz CT molecular complexity index is 772. The number of carbonyl (C=O) groups excluding carboxylic acids is 2. The molecule has 1 aromatic rings. The summed E-state index contributed by atoms with van der Waals surface area (Å²) in [5.74, 6) is 2.90. The number of piperidine rings is 1. The normalized spacial score (nSPS) is 36.4. The molecule has 2 aliphatic heterocycles. The number of hydrogen-bond acceptors (Lipinski definition) is 3. The Balaban J connectivity index is 1.16. The molecule has 1 spiro atoms. The standard InChI is InChI=1S/C22H28N2O3/c1-13(2)6-14-4-3-5-15(7-14)19-17-10-24(11-18(17)19)20(25)16-8-22(9-16)12-27-21(26)23-22/h3-5,7,13,16-19H,6,8-12H2,1-2H3,(H,23,26)/t16?,17-,18+,19+,22?. The molecule has 1 N–H and O–H groups in total. The Morgan fingerprint density at radius 2 is 2.04 bits per heavy atom. The second-order valence-corrected chi connectivity index (χ2v) is 9.53. The van der Waals surface area contributed by atoms with Crippen molar-refractivity contribution in [3.63, 3.8) is 0 Å². The molecule has 2 saturated carbocycles. The van der Waals surface area contributed by atoms with Crippen molar-refractivity contribution >= 4 is 12.0 Å². The molecule has 0 bridgehead atoms. The first-order valence-electron chi connectivity index (χ1n) is 10.3. The van der Waals surface area contributed by atoms with Gasteiger partial charge in [-0.1, -0.05) is 38.1 Å². The van der Waals surface area contributed by atoms with Crippen LogP contribution >= 0.6 is 0 Å². The van der Waals surface area contributed by atoms with Crippen LogP contribution in [0.3, 0.4) is 0 Å². The summed E-state index contributed by atoms with van der Waals surface area (Å²) in [6, 6.07) is 9.07. The lowest BCUT2D eigenvalue weighted by atomic mass is 9.68. The lowest BCUT2D eigenvalue weighted by molar-refractivity contribution is -0.140. The molecule has 0 unspecified atom stereocenters. The van der Waals surface area contributed by atoms with Gasteiger partial charge in [0.05, 0.1) is 5.54 Å². The Hall–Kier alpha value is -2.04. The number of rotatable bonds is 4. The zero-order chi connectivity index (χ0) is 18.8. The summed E-state index contributed by atoms with van der Waals surface area (Å²) in [5.41, 5.74) is 2.63. The Labute approximate surface area is 160 Å². The summed E-state index contributed by atoms with van der Waals surface area (Å²) in [7, 11) is 0. The van der Waals surface area contributed by atoms with Gasteiger partial charge in [0.2, 0.25) is 5.91 Å². The molecule has 3 atom stereocenters. The van der Waals surface area contributed by atoms with Crippen LogP contribution < -0.4 is 5.32 Å². The minimum atomic E-state index is -0.342. The van der Waals surface area contributed by atoms with Gasteiger partial charge in [-0.2, -0.15) is 0 Å². The minimum Gasteiger partial charge on any atom is -0.447 e. The molecular formula is C22H28N2O3. The molecule has 2 amide bonds. The van der Waals surface area contributed by atoms with Crippen molar-refractivity contribution in [1.82, 2.24) is 10.2 Å². The monoisotopic (exact) mass is 368 g/mol. The van der Waals surface area contributed by atoms with Gasteiger partial charge in [-0.15, -0.1) is 0 Å². The van der Waals surface area contributed by atoms with E-state index < -0.39 is 0 Å². The first-order valence-corrected chi connectivity index (χ1v) is 10.3. The van der Waals surface area contributed by atoms with Crippen LogP contribution in [0.4, 0.5) is 4.79 Å².